The van der Waals surface area contributed by atoms with Crippen LogP contribution in [0.3, 0.4) is 0 Å². The second-order valence-electron chi connectivity index (χ2n) is 4.12. The van der Waals surface area contributed by atoms with Gasteiger partial charge < -0.3 is 8.83 Å². The first-order valence-electron chi connectivity index (χ1n) is 6.45. The maximum Gasteiger partial charge on any atom is 0.240 e. The van der Waals surface area contributed by atoms with Crippen molar-refractivity contribution in [3.8, 4) is 0 Å². The number of hydrogen-bond acceptors (Lipinski definition) is 6. The number of rotatable bonds is 7. The Labute approximate surface area is 125 Å². The molecule has 2 aromatic heterocycles. The molecule has 8 nitrogen and oxygen atoms in total. The van der Waals surface area contributed by atoms with Crippen LogP contribution in [-0.4, -0.2) is 24.2 Å². The lowest BCUT2D eigenvalue weighted by Gasteiger charge is -1.99. The van der Waals surface area contributed by atoms with Crippen molar-refractivity contribution in [3.63, 3.8) is 0 Å². The molecular weight excluding hydrogens is 288 g/mol. The van der Waals surface area contributed by atoms with Crippen molar-refractivity contribution in [1.82, 2.24) is 10.9 Å². The van der Waals surface area contributed by atoms with Gasteiger partial charge in [-0.05, 0) is 24.3 Å². The van der Waals surface area contributed by atoms with Gasteiger partial charge in [0.05, 0.1) is 25.0 Å². The molecular formula is C14H14N4O4. The summed E-state index contributed by atoms with van der Waals surface area (Å²) >= 11 is 0. The molecule has 2 heterocycles. The zero-order valence-corrected chi connectivity index (χ0v) is 11.6. The van der Waals surface area contributed by atoms with Crippen molar-refractivity contribution in [2.75, 3.05) is 0 Å². The lowest BCUT2D eigenvalue weighted by atomic mass is 10.3. The van der Waals surface area contributed by atoms with E-state index in [1.807, 2.05) is 0 Å². The van der Waals surface area contributed by atoms with Crippen LogP contribution < -0.4 is 10.9 Å². The molecule has 2 rings (SSSR count). The van der Waals surface area contributed by atoms with Gasteiger partial charge in [0.2, 0.25) is 11.8 Å². The number of furan rings is 2. The van der Waals surface area contributed by atoms with Gasteiger partial charge in [-0.3, -0.25) is 9.59 Å². The molecule has 2 amide bonds. The van der Waals surface area contributed by atoms with Gasteiger partial charge in [-0.2, -0.15) is 10.2 Å². The van der Waals surface area contributed by atoms with Crippen molar-refractivity contribution in [2.24, 2.45) is 10.2 Å². The summed E-state index contributed by atoms with van der Waals surface area (Å²) in [5.74, 6) is 0.275. The van der Waals surface area contributed by atoms with E-state index in [4.69, 9.17) is 8.83 Å². The van der Waals surface area contributed by atoms with E-state index in [0.717, 1.165) is 0 Å². The van der Waals surface area contributed by atoms with Crippen LogP contribution >= 0.6 is 0 Å². The topological polar surface area (TPSA) is 109 Å². The lowest BCUT2D eigenvalue weighted by molar-refractivity contribution is -0.126. The van der Waals surface area contributed by atoms with E-state index in [1.165, 1.54) is 25.0 Å². The Morgan fingerprint density at radius 1 is 0.909 bits per heavy atom. The minimum absolute atomic E-state index is 0.00238. The predicted molar refractivity (Wildman–Crippen MR) is 78.1 cm³/mol. The van der Waals surface area contributed by atoms with Gasteiger partial charge >= 0.3 is 0 Å². The number of carbonyl (C=O) groups is 2. The third kappa shape index (κ3) is 5.45. The molecule has 0 saturated carbocycles. The van der Waals surface area contributed by atoms with Crippen molar-refractivity contribution >= 4 is 24.2 Å². The van der Waals surface area contributed by atoms with E-state index >= 15 is 0 Å². The van der Waals surface area contributed by atoms with Gasteiger partial charge in [-0.1, -0.05) is 0 Å². The van der Waals surface area contributed by atoms with Crippen LogP contribution in [0.1, 0.15) is 24.4 Å². The maximum absolute atomic E-state index is 11.4. The Morgan fingerprint density at radius 2 is 1.36 bits per heavy atom. The largest absolute Gasteiger partial charge is 0.463 e. The molecule has 2 N–H and O–H groups in total. The third-order valence-corrected chi connectivity index (χ3v) is 2.43. The summed E-state index contributed by atoms with van der Waals surface area (Å²) in [6, 6.07) is 6.80. The molecule has 0 unspecified atom stereocenters. The zero-order chi connectivity index (χ0) is 15.6. The quantitative estimate of drug-likeness (QED) is 0.592. The first kappa shape index (κ1) is 15.2. The molecule has 0 aromatic carbocycles. The number of hydrogen-bond donors (Lipinski definition) is 2. The van der Waals surface area contributed by atoms with E-state index < -0.39 is 0 Å². The molecule has 0 spiro atoms. The SMILES string of the molecule is O=C(CCC(=O)N/N=C/c1ccco1)N/N=C\c1ccco1. The Morgan fingerprint density at radius 3 is 1.73 bits per heavy atom. The minimum atomic E-state index is -0.382. The van der Waals surface area contributed by atoms with Crippen molar-refractivity contribution in [2.45, 2.75) is 12.8 Å². The molecule has 0 aliphatic rings. The van der Waals surface area contributed by atoms with E-state index in [2.05, 4.69) is 21.1 Å². The zero-order valence-electron chi connectivity index (χ0n) is 11.6. The number of hydrazone groups is 2. The second-order valence-corrected chi connectivity index (χ2v) is 4.12. The highest BCUT2D eigenvalue weighted by molar-refractivity contribution is 5.85. The minimum Gasteiger partial charge on any atom is -0.463 e. The third-order valence-electron chi connectivity index (χ3n) is 2.43. The normalized spacial score (nSPS) is 11.1. The average molecular weight is 302 g/mol. The van der Waals surface area contributed by atoms with E-state index in [9.17, 15) is 9.59 Å². The maximum atomic E-state index is 11.4. The number of nitrogens with zero attached hydrogens (tertiary/aromatic N) is 2. The first-order valence-corrected chi connectivity index (χ1v) is 6.45. The summed E-state index contributed by atoms with van der Waals surface area (Å²) in [4.78, 5) is 22.9. The Balaban J connectivity index is 1.62. The molecule has 0 aliphatic heterocycles. The second kappa shape index (κ2) is 8.20. The number of nitrogens with one attached hydrogen (secondary N) is 2. The van der Waals surface area contributed by atoms with E-state index in [1.54, 1.807) is 24.3 Å². The molecule has 22 heavy (non-hydrogen) atoms. The van der Waals surface area contributed by atoms with Gasteiger partial charge in [0.1, 0.15) is 11.5 Å². The van der Waals surface area contributed by atoms with E-state index in [-0.39, 0.29) is 24.7 Å². The van der Waals surface area contributed by atoms with Crippen molar-refractivity contribution in [1.29, 1.82) is 0 Å². The molecule has 0 bridgehead atoms. The van der Waals surface area contributed by atoms with Crippen LogP contribution in [0.4, 0.5) is 0 Å². The van der Waals surface area contributed by atoms with Crippen LogP contribution in [0.5, 0.6) is 0 Å². The van der Waals surface area contributed by atoms with E-state index in [0.29, 0.717) is 11.5 Å². The molecule has 8 heteroatoms. The monoisotopic (exact) mass is 302 g/mol. The Bertz CT molecular complexity index is 586. The number of amides is 2. The van der Waals surface area contributed by atoms with Crippen molar-refractivity contribution in [3.05, 3.63) is 48.3 Å². The molecule has 0 saturated heterocycles. The lowest BCUT2D eigenvalue weighted by Crippen LogP contribution is -2.22. The summed E-state index contributed by atoms with van der Waals surface area (Å²) in [6.45, 7) is 0. The summed E-state index contributed by atoms with van der Waals surface area (Å²) in [5, 5.41) is 7.39. The fourth-order valence-corrected chi connectivity index (χ4v) is 1.40. The van der Waals surface area contributed by atoms with Crippen LogP contribution in [0.25, 0.3) is 0 Å². The molecule has 114 valence electrons. The Kier molecular flexibility index (Phi) is 5.68. The van der Waals surface area contributed by atoms with Crippen LogP contribution in [0, 0.1) is 0 Å². The molecule has 0 atom stereocenters. The van der Waals surface area contributed by atoms with Gasteiger partial charge in [0.15, 0.2) is 0 Å². The fraction of sp³-hybridized carbons (Fsp3) is 0.143. The summed E-state index contributed by atoms with van der Waals surface area (Å²) < 4.78 is 10.0. The molecule has 0 radical (unpaired) electrons. The summed E-state index contributed by atoms with van der Waals surface area (Å²) in [6.07, 6.45) is 5.72. The first-order chi connectivity index (χ1) is 10.7. The highest BCUT2D eigenvalue weighted by Crippen LogP contribution is 1.96. The van der Waals surface area contributed by atoms with Gasteiger partial charge in [0.25, 0.3) is 0 Å². The van der Waals surface area contributed by atoms with Crippen LogP contribution in [0.2, 0.25) is 0 Å². The standard InChI is InChI=1S/C14H14N4O4/c19-13(17-15-9-11-3-1-7-21-11)5-6-14(20)18-16-10-12-4-2-8-22-12/h1-4,7-10H,5-6H2,(H,17,19)(H,18,20)/b15-9-,16-10+. The molecule has 0 aliphatic carbocycles. The molecule has 2 aromatic rings. The fourth-order valence-electron chi connectivity index (χ4n) is 1.40. The van der Waals surface area contributed by atoms with Crippen LogP contribution in [0.15, 0.2) is 55.8 Å². The smallest absolute Gasteiger partial charge is 0.240 e. The highest BCUT2D eigenvalue weighted by atomic mass is 16.3. The highest BCUT2D eigenvalue weighted by Gasteiger charge is 2.05. The summed E-state index contributed by atoms with van der Waals surface area (Å²) in [5.41, 5.74) is 4.58. The van der Waals surface area contributed by atoms with Crippen LogP contribution in [-0.2, 0) is 9.59 Å². The average Bonchev–Trinajstić information content (AvgIpc) is 3.18. The van der Waals surface area contributed by atoms with Gasteiger partial charge in [0, 0.05) is 12.8 Å². The Hall–Kier alpha value is -3.16. The van der Waals surface area contributed by atoms with Gasteiger partial charge in [-0.15, -0.1) is 0 Å². The van der Waals surface area contributed by atoms with Gasteiger partial charge in [-0.25, -0.2) is 10.9 Å². The summed E-state index contributed by atoms with van der Waals surface area (Å²) in [7, 11) is 0. The number of carbonyl (C=O) groups excluding carboxylic acids is 2. The molecule has 0 fully saturated rings. The van der Waals surface area contributed by atoms with Crippen molar-refractivity contribution < 1.29 is 18.4 Å². The predicted octanol–water partition coefficient (Wildman–Crippen LogP) is 1.25.